The molecule has 2 aromatic carbocycles. The average molecular weight is 529 g/mol. The van der Waals surface area contributed by atoms with Gasteiger partial charge in [-0.15, -0.1) is 0 Å². The molecule has 0 N–H and O–H groups in total. The number of nitro groups is 1. The van der Waals surface area contributed by atoms with Crippen molar-refractivity contribution in [2.75, 3.05) is 28.4 Å². The van der Waals surface area contributed by atoms with Gasteiger partial charge in [0.1, 0.15) is 0 Å². The lowest BCUT2D eigenvalue weighted by atomic mass is 9.67. The molecule has 0 bridgehead atoms. The molecule has 10 nitrogen and oxygen atoms in total. The fraction of sp³-hybridized carbons (Fsp3) is 0.536. The molecule has 0 saturated carbocycles. The van der Waals surface area contributed by atoms with Crippen molar-refractivity contribution in [2.24, 2.45) is 5.92 Å². The second kappa shape index (κ2) is 12.6. The van der Waals surface area contributed by atoms with E-state index in [1.54, 1.807) is 18.2 Å². The number of rotatable bonds is 14. The third-order valence-electron chi connectivity index (χ3n) is 7.36. The summed E-state index contributed by atoms with van der Waals surface area (Å²) in [6, 6.07) is 10.6. The van der Waals surface area contributed by atoms with Gasteiger partial charge in [0, 0.05) is 16.9 Å². The van der Waals surface area contributed by atoms with E-state index in [4.69, 9.17) is 28.4 Å². The number of nitrogens with zero attached hydrogens (tertiary/aromatic N) is 2. The quantitative estimate of drug-likeness (QED) is 0.230. The monoisotopic (exact) mass is 528 g/mol. The fourth-order valence-corrected chi connectivity index (χ4v) is 5.08. The number of hydrogen-bond donors (Lipinski definition) is 0. The number of methoxy groups -OCH3 is 4. The van der Waals surface area contributed by atoms with E-state index < -0.39 is 17.7 Å². The first-order valence-electron chi connectivity index (χ1n) is 12.6. The zero-order chi connectivity index (χ0) is 27.9. The maximum atomic E-state index is 11.9. The summed E-state index contributed by atoms with van der Waals surface area (Å²) in [5.74, 6) is 2.52. The molecule has 2 aromatic rings. The molecule has 3 atom stereocenters. The summed E-state index contributed by atoms with van der Waals surface area (Å²) in [4.78, 5) is 11.6. The van der Waals surface area contributed by atoms with Gasteiger partial charge in [0.05, 0.1) is 46.3 Å². The SMILES string of the molecule is CCC(C)C(C#N)(CCCC(CC1Oc2ccccc2O1)[N+](=O)[O-])c1cc(OC)c(OC)c(OC)c1OC. The molecule has 1 aliphatic rings. The van der Waals surface area contributed by atoms with Crippen LogP contribution >= 0.6 is 0 Å². The van der Waals surface area contributed by atoms with Crippen LogP contribution in [0.3, 0.4) is 0 Å². The van der Waals surface area contributed by atoms with Gasteiger partial charge in [-0.25, -0.2) is 0 Å². The second-order valence-electron chi connectivity index (χ2n) is 9.30. The highest BCUT2D eigenvalue weighted by molar-refractivity contribution is 5.65. The summed E-state index contributed by atoms with van der Waals surface area (Å²) in [5.41, 5.74) is -0.424. The molecule has 3 unspecified atom stereocenters. The van der Waals surface area contributed by atoms with Gasteiger partial charge >= 0.3 is 0 Å². The predicted molar refractivity (Wildman–Crippen MR) is 140 cm³/mol. The summed E-state index contributed by atoms with van der Waals surface area (Å²) < 4.78 is 33.9. The lowest BCUT2D eigenvalue weighted by molar-refractivity contribution is -0.527. The van der Waals surface area contributed by atoms with Crippen LogP contribution in [0.1, 0.15) is 51.5 Å². The molecule has 1 heterocycles. The first kappa shape index (κ1) is 28.7. The normalized spacial score (nSPS) is 15.6. The molecule has 0 spiro atoms. The molecule has 10 heteroatoms. The van der Waals surface area contributed by atoms with Crippen molar-refractivity contribution in [1.82, 2.24) is 0 Å². The van der Waals surface area contributed by atoms with E-state index in [1.807, 2.05) is 26.0 Å². The maximum absolute atomic E-state index is 11.9. The third kappa shape index (κ3) is 5.52. The van der Waals surface area contributed by atoms with Gasteiger partial charge in [0.15, 0.2) is 23.0 Å². The Morgan fingerprint density at radius 2 is 1.66 bits per heavy atom. The Morgan fingerprint density at radius 3 is 2.13 bits per heavy atom. The topological polar surface area (TPSA) is 122 Å². The van der Waals surface area contributed by atoms with Crippen LogP contribution in [0, 0.1) is 27.4 Å². The summed E-state index contributed by atoms with van der Waals surface area (Å²) in [7, 11) is 6.01. The van der Waals surface area contributed by atoms with Crippen LogP contribution in [-0.2, 0) is 5.41 Å². The average Bonchev–Trinajstić information content (AvgIpc) is 3.35. The first-order chi connectivity index (χ1) is 18.3. The minimum Gasteiger partial charge on any atom is -0.493 e. The van der Waals surface area contributed by atoms with E-state index in [9.17, 15) is 15.4 Å². The summed E-state index contributed by atoms with van der Waals surface area (Å²) >= 11 is 0. The minimum absolute atomic E-state index is 0.0953. The highest BCUT2D eigenvalue weighted by Gasteiger charge is 2.43. The van der Waals surface area contributed by atoms with Gasteiger partial charge in [-0.1, -0.05) is 32.4 Å². The molecule has 3 rings (SSSR count). The highest BCUT2D eigenvalue weighted by Crippen LogP contribution is 2.53. The third-order valence-corrected chi connectivity index (χ3v) is 7.36. The summed E-state index contributed by atoms with van der Waals surface area (Å²) in [5, 5.41) is 22.6. The molecule has 0 aromatic heterocycles. The maximum Gasteiger partial charge on any atom is 0.248 e. The fourth-order valence-electron chi connectivity index (χ4n) is 5.08. The van der Waals surface area contributed by atoms with Crippen molar-refractivity contribution in [3.63, 3.8) is 0 Å². The van der Waals surface area contributed by atoms with Crippen molar-refractivity contribution in [2.45, 2.75) is 63.7 Å². The molecule has 38 heavy (non-hydrogen) atoms. The Bertz CT molecular complexity index is 1140. The Kier molecular flexibility index (Phi) is 9.50. The standard InChI is InChI=1S/C28H36N2O8/c1-7-18(2)28(17-29,20-16-23(33-3)26(35-5)27(36-6)25(20)34-4)14-10-11-19(30(31)32)15-24-37-21-12-8-9-13-22(21)38-24/h8-9,12-13,16,18-19,24H,7,10-11,14-15H2,1-6H3. The Hall–Kier alpha value is -3.87. The van der Waals surface area contributed by atoms with Crippen LogP contribution in [0.4, 0.5) is 0 Å². The number of fused-ring (bicyclic) bond motifs is 1. The van der Waals surface area contributed by atoms with Crippen molar-refractivity contribution in [3.05, 3.63) is 46.0 Å². The van der Waals surface area contributed by atoms with E-state index in [2.05, 4.69) is 6.07 Å². The molecule has 206 valence electrons. The number of hydrogen-bond acceptors (Lipinski definition) is 9. The van der Waals surface area contributed by atoms with Gasteiger partial charge in [-0.3, -0.25) is 10.1 Å². The van der Waals surface area contributed by atoms with Gasteiger partial charge < -0.3 is 28.4 Å². The predicted octanol–water partition coefficient (Wildman–Crippen LogP) is 5.53. The van der Waals surface area contributed by atoms with E-state index in [1.165, 1.54) is 28.4 Å². The molecule has 0 amide bonds. The van der Waals surface area contributed by atoms with Crippen LogP contribution in [0.2, 0.25) is 0 Å². The summed E-state index contributed by atoms with van der Waals surface area (Å²) in [6.45, 7) is 4.00. The molecule has 0 fully saturated rings. The van der Waals surface area contributed by atoms with E-state index in [0.29, 0.717) is 59.3 Å². The van der Waals surface area contributed by atoms with E-state index in [0.717, 1.165) is 0 Å². The van der Waals surface area contributed by atoms with E-state index >= 15 is 0 Å². The highest BCUT2D eigenvalue weighted by atomic mass is 16.7. The van der Waals surface area contributed by atoms with Crippen LogP contribution in [0.25, 0.3) is 0 Å². The van der Waals surface area contributed by atoms with Gasteiger partial charge in [0.25, 0.3) is 0 Å². The molecule has 1 aliphatic heterocycles. The van der Waals surface area contributed by atoms with Gasteiger partial charge in [-0.2, -0.15) is 5.26 Å². The van der Waals surface area contributed by atoms with Gasteiger partial charge in [-0.05, 0) is 37.0 Å². The van der Waals surface area contributed by atoms with Crippen LogP contribution in [0.15, 0.2) is 30.3 Å². The Morgan fingerprint density at radius 1 is 1.05 bits per heavy atom. The lowest BCUT2D eigenvalue weighted by Gasteiger charge is -2.35. The largest absolute Gasteiger partial charge is 0.493 e. The minimum atomic E-state index is -1.02. The van der Waals surface area contributed by atoms with E-state index in [-0.39, 0.29) is 23.7 Å². The van der Waals surface area contributed by atoms with Crippen molar-refractivity contribution in [1.29, 1.82) is 5.26 Å². The zero-order valence-electron chi connectivity index (χ0n) is 22.8. The van der Waals surface area contributed by atoms with Crippen molar-refractivity contribution in [3.8, 4) is 40.6 Å². The smallest absolute Gasteiger partial charge is 0.248 e. The first-order valence-corrected chi connectivity index (χ1v) is 12.6. The van der Waals surface area contributed by atoms with Gasteiger partial charge in [0.2, 0.25) is 23.8 Å². The number of nitriles is 1. The second-order valence-corrected chi connectivity index (χ2v) is 9.30. The number of benzene rings is 2. The number of para-hydroxylation sites is 2. The van der Waals surface area contributed by atoms with Crippen molar-refractivity contribution >= 4 is 0 Å². The summed E-state index contributed by atoms with van der Waals surface area (Å²) in [6.07, 6.45) is 1.10. The van der Waals surface area contributed by atoms with Crippen LogP contribution in [-0.4, -0.2) is 45.7 Å². The molecule has 0 saturated heterocycles. The Labute approximate surface area is 223 Å². The lowest BCUT2D eigenvalue weighted by Crippen LogP contribution is -2.34. The molecular weight excluding hydrogens is 492 g/mol. The Balaban J connectivity index is 1.88. The van der Waals surface area contributed by atoms with Crippen LogP contribution in [0.5, 0.6) is 34.5 Å². The number of ether oxygens (including phenoxy) is 6. The zero-order valence-corrected chi connectivity index (χ0v) is 22.8. The molecule has 0 radical (unpaired) electrons. The van der Waals surface area contributed by atoms with Crippen LogP contribution < -0.4 is 28.4 Å². The molecular formula is C28H36N2O8. The molecule has 0 aliphatic carbocycles. The van der Waals surface area contributed by atoms with Crippen molar-refractivity contribution < 1.29 is 33.3 Å².